The molecule has 7 heteroatoms. The van der Waals surface area contributed by atoms with Crippen molar-refractivity contribution >= 4 is 17.4 Å². The van der Waals surface area contributed by atoms with Gasteiger partial charge in [-0.1, -0.05) is 0 Å². The number of nitrogens with one attached hydrogen (secondary N) is 1. The Kier molecular flexibility index (Phi) is 5.28. The van der Waals surface area contributed by atoms with Crippen molar-refractivity contribution in [1.29, 1.82) is 0 Å². The Hall–Kier alpha value is -1.70. The highest BCUT2D eigenvalue weighted by Crippen LogP contribution is 2.16. The SMILES string of the molecule is NCC(=O)Nc1ccc(N2CCN(CCO)CC2)nc1. The highest BCUT2D eigenvalue weighted by atomic mass is 16.3. The van der Waals surface area contributed by atoms with Crippen LogP contribution in [0.4, 0.5) is 11.5 Å². The molecule has 0 atom stereocenters. The Morgan fingerprint density at radius 2 is 2.10 bits per heavy atom. The van der Waals surface area contributed by atoms with Crippen LogP contribution in [0.5, 0.6) is 0 Å². The van der Waals surface area contributed by atoms with Gasteiger partial charge in [0.1, 0.15) is 5.82 Å². The monoisotopic (exact) mass is 279 g/mol. The maximum Gasteiger partial charge on any atom is 0.238 e. The largest absolute Gasteiger partial charge is 0.395 e. The first kappa shape index (κ1) is 14.7. The van der Waals surface area contributed by atoms with Gasteiger partial charge in [-0.05, 0) is 12.1 Å². The molecule has 1 saturated heterocycles. The molecule has 0 unspecified atom stereocenters. The zero-order valence-corrected chi connectivity index (χ0v) is 11.5. The highest BCUT2D eigenvalue weighted by Gasteiger charge is 2.17. The second-order valence-electron chi connectivity index (χ2n) is 4.71. The number of aliphatic hydroxyl groups is 1. The van der Waals surface area contributed by atoms with Crippen LogP contribution in [0.15, 0.2) is 18.3 Å². The van der Waals surface area contributed by atoms with Gasteiger partial charge in [-0.25, -0.2) is 4.98 Å². The van der Waals surface area contributed by atoms with Crippen molar-refractivity contribution in [3.8, 4) is 0 Å². The van der Waals surface area contributed by atoms with Crippen LogP contribution in [0.25, 0.3) is 0 Å². The van der Waals surface area contributed by atoms with Crippen LogP contribution >= 0.6 is 0 Å². The average molecular weight is 279 g/mol. The summed E-state index contributed by atoms with van der Waals surface area (Å²) < 4.78 is 0. The zero-order chi connectivity index (χ0) is 14.4. The minimum Gasteiger partial charge on any atom is -0.395 e. The summed E-state index contributed by atoms with van der Waals surface area (Å²) in [6.07, 6.45) is 1.64. The van der Waals surface area contributed by atoms with E-state index in [1.165, 1.54) is 0 Å². The number of β-amino-alcohol motifs (C(OH)–C–C–N with tert-alkyl or cyclic N) is 1. The Morgan fingerprint density at radius 1 is 1.35 bits per heavy atom. The second kappa shape index (κ2) is 7.18. The van der Waals surface area contributed by atoms with Crippen molar-refractivity contribution in [2.75, 3.05) is 56.1 Å². The lowest BCUT2D eigenvalue weighted by molar-refractivity contribution is -0.114. The van der Waals surface area contributed by atoms with Crippen LogP contribution in [0, 0.1) is 0 Å². The maximum atomic E-state index is 11.2. The molecule has 0 aromatic carbocycles. The summed E-state index contributed by atoms with van der Waals surface area (Å²) in [5, 5.41) is 11.6. The number of aliphatic hydroxyl groups excluding tert-OH is 1. The number of rotatable bonds is 5. The summed E-state index contributed by atoms with van der Waals surface area (Å²) >= 11 is 0. The van der Waals surface area contributed by atoms with Crippen LogP contribution in [0.3, 0.4) is 0 Å². The molecular weight excluding hydrogens is 258 g/mol. The lowest BCUT2D eigenvalue weighted by Gasteiger charge is -2.35. The maximum absolute atomic E-state index is 11.2. The summed E-state index contributed by atoms with van der Waals surface area (Å²) in [5.74, 6) is 0.677. The highest BCUT2D eigenvalue weighted by molar-refractivity contribution is 5.91. The second-order valence-corrected chi connectivity index (χ2v) is 4.71. The molecule has 20 heavy (non-hydrogen) atoms. The summed E-state index contributed by atoms with van der Waals surface area (Å²) in [6.45, 7) is 4.53. The van der Waals surface area contributed by atoms with E-state index in [0.717, 1.165) is 38.5 Å². The summed E-state index contributed by atoms with van der Waals surface area (Å²) in [4.78, 5) is 20.0. The van der Waals surface area contributed by atoms with Gasteiger partial charge in [0.15, 0.2) is 0 Å². The molecule has 0 spiro atoms. The lowest BCUT2D eigenvalue weighted by atomic mass is 10.3. The quantitative estimate of drug-likeness (QED) is 0.646. The Bertz CT molecular complexity index is 429. The number of nitrogens with zero attached hydrogens (tertiary/aromatic N) is 3. The number of hydrogen-bond donors (Lipinski definition) is 3. The number of hydrogen-bond acceptors (Lipinski definition) is 6. The van der Waals surface area contributed by atoms with Crippen LogP contribution in [-0.4, -0.2) is 66.8 Å². The molecule has 1 aromatic heterocycles. The van der Waals surface area contributed by atoms with Gasteiger partial charge >= 0.3 is 0 Å². The number of aromatic nitrogens is 1. The molecule has 2 rings (SSSR count). The topological polar surface area (TPSA) is 94.7 Å². The van der Waals surface area contributed by atoms with E-state index in [2.05, 4.69) is 20.1 Å². The standard InChI is InChI=1S/C13H21N5O2/c14-9-13(20)16-11-1-2-12(15-10-11)18-5-3-17(4-6-18)7-8-19/h1-2,10,19H,3-9,14H2,(H,16,20). The minimum atomic E-state index is -0.225. The van der Waals surface area contributed by atoms with Gasteiger partial charge in [0.25, 0.3) is 0 Å². The van der Waals surface area contributed by atoms with E-state index in [0.29, 0.717) is 5.69 Å². The number of anilines is 2. The summed E-state index contributed by atoms with van der Waals surface area (Å²) in [6, 6.07) is 3.73. The third-order valence-corrected chi connectivity index (χ3v) is 3.33. The predicted molar refractivity (Wildman–Crippen MR) is 77.7 cm³/mol. The van der Waals surface area contributed by atoms with Crippen LogP contribution < -0.4 is 16.0 Å². The Labute approximate surface area is 118 Å². The molecule has 7 nitrogen and oxygen atoms in total. The van der Waals surface area contributed by atoms with Gasteiger partial charge in [0, 0.05) is 32.7 Å². The van der Waals surface area contributed by atoms with E-state index in [4.69, 9.17) is 10.8 Å². The fourth-order valence-electron chi connectivity index (χ4n) is 2.20. The molecule has 1 amide bonds. The van der Waals surface area contributed by atoms with E-state index in [1.54, 1.807) is 6.20 Å². The predicted octanol–water partition coefficient (Wildman–Crippen LogP) is -0.907. The molecule has 0 radical (unpaired) electrons. The van der Waals surface area contributed by atoms with E-state index >= 15 is 0 Å². The molecule has 1 aromatic rings. The number of pyridine rings is 1. The zero-order valence-electron chi connectivity index (χ0n) is 11.5. The first-order valence-electron chi connectivity index (χ1n) is 6.77. The third kappa shape index (κ3) is 3.89. The molecule has 1 fully saturated rings. The molecular formula is C13H21N5O2. The van der Waals surface area contributed by atoms with Gasteiger partial charge in [0.2, 0.25) is 5.91 Å². The van der Waals surface area contributed by atoms with E-state index in [1.807, 2.05) is 12.1 Å². The van der Waals surface area contributed by atoms with Crippen molar-refractivity contribution in [3.63, 3.8) is 0 Å². The molecule has 2 heterocycles. The van der Waals surface area contributed by atoms with Gasteiger partial charge < -0.3 is 21.1 Å². The number of carbonyl (C=O) groups excluding carboxylic acids is 1. The summed E-state index contributed by atoms with van der Waals surface area (Å²) in [5.41, 5.74) is 5.90. The molecule has 1 aliphatic heterocycles. The number of amides is 1. The van der Waals surface area contributed by atoms with Crippen LogP contribution in [0.1, 0.15) is 0 Å². The first-order valence-corrected chi connectivity index (χ1v) is 6.77. The number of carbonyl (C=O) groups is 1. The average Bonchev–Trinajstić information content (AvgIpc) is 2.49. The normalized spacial score (nSPS) is 16.2. The van der Waals surface area contributed by atoms with Crippen molar-refractivity contribution in [1.82, 2.24) is 9.88 Å². The van der Waals surface area contributed by atoms with Crippen molar-refractivity contribution in [2.24, 2.45) is 5.73 Å². The summed E-state index contributed by atoms with van der Waals surface area (Å²) in [7, 11) is 0. The van der Waals surface area contributed by atoms with Gasteiger partial charge in [0.05, 0.1) is 25.0 Å². The molecule has 110 valence electrons. The smallest absolute Gasteiger partial charge is 0.238 e. The molecule has 0 saturated carbocycles. The number of nitrogens with two attached hydrogens (primary N) is 1. The molecule has 4 N–H and O–H groups in total. The van der Waals surface area contributed by atoms with Crippen LogP contribution in [-0.2, 0) is 4.79 Å². The van der Waals surface area contributed by atoms with Crippen molar-refractivity contribution < 1.29 is 9.90 Å². The Morgan fingerprint density at radius 3 is 2.65 bits per heavy atom. The van der Waals surface area contributed by atoms with Gasteiger partial charge in [-0.2, -0.15) is 0 Å². The molecule has 0 bridgehead atoms. The molecule has 0 aliphatic carbocycles. The fourth-order valence-corrected chi connectivity index (χ4v) is 2.20. The lowest BCUT2D eigenvalue weighted by Crippen LogP contribution is -2.47. The van der Waals surface area contributed by atoms with E-state index in [9.17, 15) is 4.79 Å². The Balaban J connectivity index is 1.89. The first-order chi connectivity index (χ1) is 9.72. The van der Waals surface area contributed by atoms with E-state index < -0.39 is 0 Å². The fraction of sp³-hybridized carbons (Fsp3) is 0.538. The van der Waals surface area contributed by atoms with Crippen molar-refractivity contribution in [2.45, 2.75) is 0 Å². The minimum absolute atomic E-state index is 0.0332. The van der Waals surface area contributed by atoms with Gasteiger partial charge in [-0.15, -0.1) is 0 Å². The van der Waals surface area contributed by atoms with Gasteiger partial charge in [-0.3, -0.25) is 9.69 Å². The van der Waals surface area contributed by atoms with Crippen molar-refractivity contribution in [3.05, 3.63) is 18.3 Å². The third-order valence-electron chi connectivity index (χ3n) is 3.33. The number of piperazine rings is 1. The van der Waals surface area contributed by atoms with E-state index in [-0.39, 0.29) is 19.1 Å². The molecule has 1 aliphatic rings. The van der Waals surface area contributed by atoms with Crippen LogP contribution in [0.2, 0.25) is 0 Å².